The standard InChI is InChI=1S/C58H41NS/c1-40-18-11-12-25-47(40)51-38-45(35-34-42(51)33-32-41-19-5-2-6-20-41)59(44-23-9-4-10-24-44)46-36-37-50-56(39-46)60-55-31-17-30-54(57(50)55)58(43-21-7-3-8-22-43)52-28-15-13-26-48(52)49-27-14-16-29-53(49)58/h2-7,9-21,23-34,36-39,45H,35H2,1H3/b33-32+. The van der Waals surface area contributed by atoms with Crippen molar-refractivity contribution in [3.05, 3.63) is 263 Å². The van der Waals surface area contributed by atoms with Gasteiger partial charge in [0.25, 0.3) is 0 Å². The summed E-state index contributed by atoms with van der Waals surface area (Å²) in [5, 5.41) is 2.58. The summed E-state index contributed by atoms with van der Waals surface area (Å²) in [5.41, 5.74) is 15.6. The Morgan fingerprint density at radius 3 is 2.02 bits per heavy atom. The summed E-state index contributed by atoms with van der Waals surface area (Å²) < 4.78 is 2.55. The van der Waals surface area contributed by atoms with Gasteiger partial charge in [-0.05, 0) is 111 Å². The first kappa shape index (κ1) is 35.9. The van der Waals surface area contributed by atoms with Gasteiger partial charge in [0.1, 0.15) is 0 Å². The molecule has 1 atom stereocenters. The molecular formula is C58H41NS. The van der Waals surface area contributed by atoms with E-state index in [0.717, 1.165) is 12.0 Å². The topological polar surface area (TPSA) is 3.24 Å². The molecule has 0 spiro atoms. The van der Waals surface area contributed by atoms with Crippen LogP contribution in [0.15, 0.2) is 212 Å². The van der Waals surface area contributed by atoms with E-state index in [9.17, 15) is 0 Å². The number of hydrogen-bond acceptors (Lipinski definition) is 2. The summed E-state index contributed by atoms with van der Waals surface area (Å²) in [6.45, 7) is 2.22. The van der Waals surface area contributed by atoms with E-state index in [1.165, 1.54) is 87.2 Å². The lowest BCUT2D eigenvalue weighted by Crippen LogP contribution is -2.30. The van der Waals surface area contributed by atoms with E-state index in [0.29, 0.717) is 0 Å². The second kappa shape index (κ2) is 14.9. The highest BCUT2D eigenvalue weighted by Crippen LogP contribution is 2.58. The van der Waals surface area contributed by atoms with E-state index in [-0.39, 0.29) is 6.04 Å². The smallest absolute Gasteiger partial charge is 0.0799 e. The lowest BCUT2D eigenvalue weighted by atomic mass is 9.67. The van der Waals surface area contributed by atoms with Gasteiger partial charge in [-0.25, -0.2) is 0 Å². The number of para-hydroxylation sites is 1. The van der Waals surface area contributed by atoms with Gasteiger partial charge in [-0.1, -0.05) is 182 Å². The molecule has 2 aliphatic carbocycles. The Bertz CT molecular complexity index is 3090. The minimum Gasteiger partial charge on any atom is -0.334 e. The number of hydrogen-bond donors (Lipinski definition) is 0. The number of benzene rings is 7. The van der Waals surface area contributed by atoms with Crippen LogP contribution in [-0.2, 0) is 5.41 Å². The van der Waals surface area contributed by atoms with Crippen LogP contribution in [0.2, 0.25) is 0 Å². The number of aryl methyl sites for hydroxylation is 1. The zero-order chi connectivity index (χ0) is 40.0. The average molecular weight is 784 g/mol. The molecule has 0 bridgehead atoms. The lowest BCUT2D eigenvalue weighted by Gasteiger charge is -2.35. The van der Waals surface area contributed by atoms with Crippen molar-refractivity contribution >= 4 is 54.5 Å². The van der Waals surface area contributed by atoms with Gasteiger partial charge in [-0.15, -0.1) is 11.3 Å². The molecule has 0 amide bonds. The Morgan fingerprint density at radius 1 is 0.600 bits per heavy atom. The minimum absolute atomic E-state index is 0.0953. The van der Waals surface area contributed by atoms with Crippen LogP contribution in [0.4, 0.5) is 11.4 Å². The summed E-state index contributed by atoms with van der Waals surface area (Å²) in [7, 11) is 0. The predicted molar refractivity (Wildman–Crippen MR) is 254 cm³/mol. The monoisotopic (exact) mass is 783 g/mol. The van der Waals surface area contributed by atoms with Crippen molar-refractivity contribution < 1.29 is 0 Å². The number of allylic oxidation sites excluding steroid dienone is 3. The fourth-order valence-electron chi connectivity index (χ4n) is 9.85. The molecule has 2 heteroatoms. The molecule has 2 aliphatic rings. The van der Waals surface area contributed by atoms with Gasteiger partial charge in [0, 0.05) is 37.1 Å². The third-order valence-corrected chi connectivity index (χ3v) is 13.6. The minimum atomic E-state index is -0.551. The highest BCUT2D eigenvalue weighted by atomic mass is 32.1. The van der Waals surface area contributed by atoms with Crippen molar-refractivity contribution in [2.24, 2.45) is 0 Å². The second-order valence-electron chi connectivity index (χ2n) is 15.8. The maximum absolute atomic E-state index is 3.61. The number of nitrogens with zero attached hydrogens (tertiary/aromatic N) is 1. The van der Waals surface area contributed by atoms with Gasteiger partial charge in [0.15, 0.2) is 0 Å². The summed E-state index contributed by atoms with van der Waals surface area (Å²) >= 11 is 1.89. The zero-order valence-electron chi connectivity index (χ0n) is 33.3. The van der Waals surface area contributed by atoms with Crippen molar-refractivity contribution in [3.8, 4) is 11.1 Å². The van der Waals surface area contributed by atoms with Gasteiger partial charge in [-0.2, -0.15) is 0 Å². The Hall–Kier alpha value is -7.18. The van der Waals surface area contributed by atoms with Crippen LogP contribution >= 0.6 is 11.3 Å². The third kappa shape index (κ3) is 5.85. The maximum atomic E-state index is 3.61. The van der Waals surface area contributed by atoms with Crippen LogP contribution < -0.4 is 4.90 Å². The largest absolute Gasteiger partial charge is 0.334 e. The number of rotatable bonds is 8. The molecule has 0 saturated heterocycles. The van der Waals surface area contributed by atoms with Crippen molar-refractivity contribution in [1.29, 1.82) is 0 Å². The first-order valence-electron chi connectivity index (χ1n) is 20.8. The molecule has 1 unspecified atom stereocenters. The summed E-state index contributed by atoms with van der Waals surface area (Å²) in [6.07, 6.45) is 10.3. The molecule has 9 aromatic rings. The van der Waals surface area contributed by atoms with Gasteiger partial charge < -0.3 is 4.90 Å². The van der Waals surface area contributed by atoms with Gasteiger partial charge in [0.05, 0.1) is 11.5 Å². The molecule has 60 heavy (non-hydrogen) atoms. The Morgan fingerprint density at radius 2 is 1.28 bits per heavy atom. The molecule has 8 aromatic carbocycles. The normalized spacial score (nSPS) is 15.3. The molecule has 11 rings (SSSR count). The SMILES string of the molecule is Cc1ccccc1C1=CC(N(c2ccccc2)c2ccc3c(c2)sc2cccc(C4(c5c#cccc5)c5ccccc5-c5ccccc54)c23)CC=C1/C=C/c1ccccc1. The van der Waals surface area contributed by atoms with E-state index in [4.69, 9.17) is 0 Å². The molecule has 0 aliphatic heterocycles. The Labute approximate surface area is 356 Å². The first-order chi connectivity index (χ1) is 29.7. The Balaban J connectivity index is 1.08. The number of thiophene rings is 1. The van der Waals surface area contributed by atoms with Crippen LogP contribution in [-0.4, -0.2) is 6.04 Å². The van der Waals surface area contributed by atoms with Crippen molar-refractivity contribution in [1.82, 2.24) is 0 Å². The predicted octanol–water partition coefficient (Wildman–Crippen LogP) is 15.0. The quantitative estimate of drug-likeness (QED) is 0.148. The van der Waals surface area contributed by atoms with Gasteiger partial charge >= 0.3 is 0 Å². The van der Waals surface area contributed by atoms with Crippen molar-refractivity contribution in [2.45, 2.75) is 24.8 Å². The van der Waals surface area contributed by atoms with Gasteiger partial charge in [-0.3, -0.25) is 0 Å². The maximum Gasteiger partial charge on any atom is 0.0799 e. The molecular weight excluding hydrogens is 743 g/mol. The van der Waals surface area contributed by atoms with Crippen LogP contribution in [0, 0.1) is 19.1 Å². The van der Waals surface area contributed by atoms with E-state index in [1.807, 2.05) is 17.4 Å². The molecule has 1 aromatic heterocycles. The number of anilines is 2. The van der Waals surface area contributed by atoms with Gasteiger partial charge in [0.2, 0.25) is 0 Å². The van der Waals surface area contributed by atoms with E-state index in [1.54, 1.807) is 0 Å². The fourth-order valence-corrected chi connectivity index (χ4v) is 11.0. The van der Waals surface area contributed by atoms with Crippen LogP contribution in [0.5, 0.6) is 0 Å². The molecule has 0 radical (unpaired) electrons. The van der Waals surface area contributed by atoms with E-state index in [2.05, 4.69) is 230 Å². The van der Waals surface area contributed by atoms with Crippen LogP contribution in [0.1, 0.15) is 45.4 Å². The van der Waals surface area contributed by atoms with Crippen molar-refractivity contribution in [3.63, 3.8) is 0 Å². The number of fused-ring (bicyclic) bond motifs is 6. The molecule has 0 saturated carbocycles. The lowest BCUT2D eigenvalue weighted by molar-refractivity contribution is 0.778. The summed E-state index contributed by atoms with van der Waals surface area (Å²) in [4.78, 5) is 2.54. The highest BCUT2D eigenvalue weighted by molar-refractivity contribution is 7.25. The molecule has 284 valence electrons. The first-order valence-corrected chi connectivity index (χ1v) is 21.6. The molecule has 0 fully saturated rings. The Kier molecular flexibility index (Phi) is 8.92. The molecule has 1 heterocycles. The summed E-state index contributed by atoms with van der Waals surface area (Å²) in [6, 6.07) is 75.5. The van der Waals surface area contributed by atoms with Crippen LogP contribution in [0.25, 0.3) is 42.9 Å². The van der Waals surface area contributed by atoms with Crippen molar-refractivity contribution in [2.75, 3.05) is 4.90 Å². The van der Waals surface area contributed by atoms with Crippen LogP contribution in [0.3, 0.4) is 0 Å². The average Bonchev–Trinajstić information content (AvgIpc) is 3.84. The van der Waals surface area contributed by atoms with E-state index < -0.39 is 5.41 Å². The third-order valence-electron chi connectivity index (χ3n) is 12.5. The highest BCUT2D eigenvalue weighted by Gasteiger charge is 2.47. The van der Waals surface area contributed by atoms with E-state index >= 15 is 0 Å². The second-order valence-corrected chi connectivity index (χ2v) is 16.9. The fraction of sp³-hybridized carbons (Fsp3) is 0.0690. The zero-order valence-corrected chi connectivity index (χ0v) is 34.2. The molecule has 0 N–H and O–H groups in total. The molecule has 1 nitrogen and oxygen atoms in total. The summed E-state index contributed by atoms with van der Waals surface area (Å²) in [5.74, 6) is 0.